The van der Waals surface area contributed by atoms with Crippen LogP contribution in [0.25, 0.3) is 0 Å². The highest BCUT2D eigenvalue weighted by molar-refractivity contribution is 6.24. The van der Waals surface area contributed by atoms with Crippen molar-refractivity contribution in [2.45, 2.75) is 6.92 Å². The zero-order valence-electron chi connectivity index (χ0n) is 9.07. The molecule has 1 atom stereocenters. The van der Waals surface area contributed by atoms with E-state index in [2.05, 4.69) is 6.58 Å². The van der Waals surface area contributed by atoms with Gasteiger partial charge < -0.3 is 0 Å². The van der Waals surface area contributed by atoms with Crippen LogP contribution in [-0.4, -0.2) is 11.6 Å². The monoisotopic (exact) mass is 212 g/mol. The van der Waals surface area contributed by atoms with Crippen LogP contribution in [0.2, 0.25) is 0 Å². The summed E-state index contributed by atoms with van der Waals surface area (Å²) in [5.74, 6) is -0.258. The highest BCUT2D eigenvalue weighted by atomic mass is 16.1. The summed E-state index contributed by atoms with van der Waals surface area (Å²) in [6, 6.07) is 6.91. The normalized spacial score (nSPS) is 16.4. The average Bonchev–Trinajstić information content (AvgIpc) is 2.33. The molecule has 2 heteroatoms. The molecule has 0 bridgehead atoms. The minimum absolute atomic E-state index is 0.0670. The number of hydrogen-bond acceptors (Lipinski definition) is 2. The molecular weight excluding hydrogens is 200 g/mol. The third-order valence-electron chi connectivity index (χ3n) is 2.83. The summed E-state index contributed by atoms with van der Waals surface area (Å²) < 4.78 is 0. The van der Waals surface area contributed by atoms with E-state index in [1.54, 1.807) is 30.3 Å². The maximum Gasteiger partial charge on any atom is 0.190 e. The molecule has 1 aromatic rings. The van der Waals surface area contributed by atoms with Crippen LogP contribution in [0.1, 0.15) is 27.6 Å². The van der Waals surface area contributed by atoms with Crippen LogP contribution in [0.5, 0.6) is 0 Å². The molecule has 0 saturated heterocycles. The van der Waals surface area contributed by atoms with E-state index in [1.807, 2.05) is 6.92 Å². The fraction of sp³-hybridized carbons (Fsp3) is 0.143. The molecule has 1 aromatic carbocycles. The molecule has 0 aromatic heterocycles. The van der Waals surface area contributed by atoms with E-state index < -0.39 is 0 Å². The molecule has 0 heterocycles. The van der Waals surface area contributed by atoms with Crippen molar-refractivity contribution < 1.29 is 9.59 Å². The van der Waals surface area contributed by atoms with Crippen LogP contribution < -0.4 is 0 Å². The molecule has 80 valence electrons. The van der Waals surface area contributed by atoms with Gasteiger partial charge in [-0.05, 0) is 6.08 Å². The Hall–Kier alpha value is -1.96. The van der Waals surface area contributed by atoms with E-state index in [9.17, 15) is 9.59 Å². The van der Waals surface area contributed by atoms with Gasteiger partial charge in [-0.2, -0.15) is 0 Å². The minimum Gasteiger partial charge on any atom is -0.289 e. The van der Waals surface area contributed by atoms with Crippen molar-refractivity contribution in [1.82, 2.24) is 0 Å². The highest BCUT2D eigenvalue weighted by Crippen LogP contribution is 2.25. The summed E-state index contributed by atoms with van der Waals surface area (Å²) >= 11 is 0. The van der Waals surface area contributed by atoms with E-state index in [0.29, 0.717) is 16.7 Å². The first-order chi connectivity index (χ1) is 7.65. The van der Waals surface area contributed by atoms with Gasteiger partial charge in [-0.1, -0.05) is 37.3 Å². The number of fused-ring (bicyclic) bond motifs is 1. The maximum atomic E-state index is 12.1. The zero-order valence-corrected chi connectivity index (χ0v) is 9.07. The lowest BCUT2D eigenvalue weighted by Crippen LogP contribution is -2.19. The molecule has 1 unspecified atom stereocenters. The van der Waals surface area contributed by atoms with E-state index in [0.717, 1.165) is 0 Å². The van der Waals surface area contributed by atoms with Gasteiger partial charge in [0.15, 0.2) is 11.6 Å². The van der Waals surface area contributed by atoms with Gasteiger partial charge in [0.05, 0.1) is 0 Å². The number of rotatable bonds is 2. The van der Waals surface area contributed by atoms with Gasteiger partial charge in [0.1, 0.15) is 0 Å². The maximum absolute atomic E-state index is 12.1. The number of carbonyl (C=O) groups is 2. The largest absolute Gasteiger partial charge is 0.289 e. The lowest BCUT2D eigenvalue weighted by atomic mass is 9.84. The van der Waals surface area contributed by atoms with Gasteiger partial charge in [-0.15, -0.1) is 6.58 Å². The van der Waals surface area contributed by atoms with Crippen LogP contribution in [0.4, 0.5) is 0 Å². The summed E-state index contributed by atoms with van der Waals surface area (Å²) in [7, 11) is 0. The lowest BCUT2D eigenvalue weighted by Gasteiger charge is -2.17. The van der Waals surface area contributed by atoms with Gasteiger partial charge >= 0.3 is 0 Å². The smallest absolute Gasteiger partial charge is 0.190 e. The molecule has 0 fully saturated rings. The van der Waals surface area contributed by atoms with Crippen molar-refractivity contribution in [1.29, 1.82) is 0 Å². The Morgan fingerprint density at radius 2 is 1.81 bits per heavy atom. The molecule has 16 heavy (non-hydrogen) atoms. The lowest BCUT2D eigenvalue weighted by molar-refractivity contribution is 0.0978. The van der Waals surface area contributed by atoms with Crippen molar-refractivity contribution in [3.8, 4) is 0 Å². The van der Waals surface area contributed by atoms with Gasteiger partial charge in [0, 0.05) is 22.6 Å². The molecular formula is C14H12O2. The molecule has 0 amide bonds. The first-order valence-corrected chi connectivity index (χ1v) is 5.17. The van der Waals surface area contributed by atoms with Crippen LogP contribution in [0, 0.1) is 5.92 Å². The van der Waals surface area contributed by atoms with Crippen molar-refractivity contribution in [2.24, 2.45) is 5.92 Å². The quantitative estimate of drug-likeness (QED) is 0.706. The number of Topliss-reactive ketones (excluding diaryl/α,β-unsaturated/α-hetero) is 1. The zero-order chi connectivity index (χ0) is 11.7. The number of benzene rings is 1. The SMILES string of the molecule is C=CC(C)C1=CC(=O)c2ccccc2C1=O. The molecule has 2 rings (SSSR count). The van der Waals surface area contributed by atoms with E-state index in [-0.39, 0.29) is 17.5 Å². The molecule has 0 spiro atoms. The van der Waals surface area contributed by atoms with Gasteiger partial charge in [-0.25, -0.2) is 0 Å². The second-order valence-corrected chi connectivity index (χ2v) is 3.86. The third kappa shape index (κ3) is 1.52. The molecule has 0 N–H and O–H groups in total. The Balaban J connectivity index is 2.55. The Morgan fingerprint density at radius 1 is 1.19 bits per heavy atom. The second-order valence-electron chi connectivity index (χ2n) is 3.86. The first kappa shape index (κ1) is 10.6. The predicted molar refractivity (Wildman–Crippen MR) is 62.5 cm³/mol. The summed E-state index contributed by atoms with van der Waals surface area (Å²) in [6.07, 6.45) is 3.10. The highest BCUT2D eigenvalue weighted by Gasteiger charge is 2.26. The molecule has 2 nitrogen and oxygen atoms in total. The van der Waals surface area contributed by atoms with E-state index in [1.165, 1.54) is 6.08 Å². The molecule has 1 aliphatic rings. The number of hydrogen-bond donors (Lipinski definition) is 0. The predicted octanol–water partition coefficient (Wildman–Crippen LogP) is 2.81. The Kier molecular flexibility index (Phi) is 2.57. The van der Waals surface area contributed by atoms with Gasteiger partial charge in [-0.3, -0.25) is 9.59 Å². The van der Waals surface area contributed by atoms with Gasteiger partial charge in [0.2, 0.25) is 0 Å². The van der Waals surface area contributed by atoms with Crippen LogP contribution >= 0.6 is 0 Å². The summed E-state index contributed by atoms with van der Waals surface area (Å²) in [6.45, 7) is 5.51. The fourth-order valence-corrected chi connectivity index (χ4v) is 1.80. The van der Waals surface area contributed by atoms with Crippen molar-refractivity contribution in [3.05, 3.63) is 59.7 Å². The Morgan fingerprint density at radius 3 is 2.44 bits per heavy atom. The standard InChI is InChI=1S/C14H12O2/c1-3-9(2)12-8-13(15)10-6-4-5-7-11(10)14(12)16/h3-9H,1H2,2H3. The van der Waals surface area contributed by atoms with Crippen LogP contribution in [-0.2, 0) is 0 Å². The Labute approximate surface area is 94.3 Å². The minimum atomic E-state index is -0.0982. The van der Waals surface area contributed by atoms with Crippen LogP contribution in [0.15, 0.2) is 48.6 Å². The van der Waals surface area contributed by atoms with Gasteiger partial charge in [0.25, 0.3) is 0 Å². The topological polar surface area (TPSA) is 34.1 Å². The summed E-state index contributed by atoms with van der Waals surface area (Å²) in [4.78, 5) is 23.9. The number of allylic oxidation sites excluding steroid dienone is 3. The first-order valence-electron chi connectivity index (χ1n) is 5.17. The number of carbonyl (C=O) groups excluding carboxylic acids is 2. The van der Waals surface area contributed by atoms with Crippen molar-refractivity contribution >= 4 is 11.6 Å². The molecule has 0 radical (unpaired) electrons. The Bertz CT molecular complexity index is 509. The van der Waals surface area contributed by atoms with E-state index in [4.69, 9.17) is 0 Å². The number of ketones is 2. The second kappa shape index (κ2) is 3.89. The summed E-state index contributed by atoms with van der Waals surface area (Å²) in [5, 5.41) is 0. The van der Waals surface area contributed by atoms with Crippen LogP contribution in [0.3, 0.4) is 0 Å². The third-order valence-corrected chi connectivity index (χ3v) is 2.83. The van der Waals surface area contributed by atoms with E-state index >= 15 is 0 Å². The van der Waals surface area contributed by atoms with Crippen molar-refractivity contribution in [3.63, 3.8) is 0 Å². The average molecular weight is 212 g/mol. The summed E-state index contributed by atoms with van der Waals surface area (Å²) in [5.41, 5.74) is 1.52. The fourth-order valence-electron chi connectivity index (χ4n) is 1.80. The van der Waals surface area contributed by atoms with Crippen molar-refractivity contribution in [2.75, 3.05) is 0 Å². The molecule has 1 aliphatic carbocycles. The molecule has 0 saturated carbocycles. The molecule has 0 aliphatic heterocycles.